The number of ether oxygens (including phenoxy) is 3. The van der Waals surface area contributed by atoms with Crippen molar-refractivity contribution in [2.45, 2.75) is 32.3 Å². The number of methoxy groups -OCH3 is 2. The molecule has 0 aliphatic rings. The number of hydrogen-bond donors (Lipinski definition) is 2. The van der Waals surface area contributed by atoms with Gasteiger partial charge in [-0.1, -0.05) is 0 Å². The molecule has 0 radical (unpaired) electrons. The fourth-order valence-electron chi connectivity index (χ4n) is 1.37. The summed E-state index contributed by atoms with van der Waals surface area (Å²) in [6.07, 6.45) is 2.07. The molecule has 20 heavy (non-hydrogen) atoms. The number of nitrogens with zero attached hydrogens (tertiary/aromatic N) is 1. The highest BCUT2D eigenvalue weighted by Gasteiger charge is 2.16. The number of aliphatic imine (C=N–C) groups is 1. The van der Waals surface area contributed by atoms with Gasteiger partial charge in [0.2, 0.25) is 0 Å². The van der Waals surface area contributed by atoms with E-state index in [1.54, 1.807) is 21.3 Å². The Kier molecular flexibility index (Phi) is 11.4. The summed E-state index contributed by atoms with van der Waals surface area (Å²) in [6.45, 7) is 7.75. The maximum atomic E-state index is 5.40. The van der Waals surface area contributed by atoms with Crippen LogP contribution in [0.2, 0.25) is 0 Å². The van der Waals surface area contributed by atoms with Gasteiger partial charge in [-0.2, -0.15) is 0 Å². The molecule has 6 heteroatoms. The molecule has 2 N–H and O–H groups in total. The molecule has 0 saturated carbocycles. The van der Waals surface area contributed by atoms with Crippen molar-refractivity contribution >= 4 is 5.96 Å². The molecule has 0 fully saturated rings. The zero-order valence-corrected chi connectivity index (χ0v) is 13.6. The molecule has 0 unspecified atom stereocenters. The molecule has 0 atom stereocenters. The molecule has 6 nitrogen and oxygen atoms in total. The quantitative estimate of drug-likeness (QED) is 0.338. The Morgan fingerprint density at radius 3 is 2.40 bits per heavy atom. The maximum absolute atomic E-state index is 5.40. The molecule has 0 amide bonds. The van der Waals surface area contributed by atoms with E-state index < -0.39 is 0 Å². The average Bonchev–Trinajstić information content (AvgIpc) is 2.45. The van der Waals surface area contributed by atoms with Crippen molar-refractivity contribution in [2.75, 3.05) is 54.2 Å². The van der Waals surface area contributed by atoms with Gasteiger partial charge in [-0.25, -0.2) is 0 Å². The molecular formula is C14H31N3O3. The topological polar surface area (TPSA) is 64.1 Å². The van der Waals surface area contributed by atoms with E-state index in [1.165, 1.54) is 0 Å². The Morgan fingerprint density at radius 1 is 1.05 bits per heavy atom. The fraction of sp³-hybridized carbons (Fsp3) is 0.929. The van der Waals surface area contributed by atoms with Crippen molar-refractivity contribution in [3.63, 3.8) is 0 Å². The third-order valence-corrected chi connectivity index (χ3v) is 2.90. The summed E-state index contributed by atoms with van der Waals surface area (Å²) in [5.74, 6) is 0.801. The smallest absolute Gasteiger partial charge is 0.191 e. The highest BCUT2D eigenvalue weighted by Crippen LogP contribution is 2.04. The van der Waals surface area contributed by atoms with E-state index in [0.717, 1.165) is 32.0 Å². The molecule has 0 saturated heterocycles. The highest BCUT2D eigenvalue weighted by molar-refractivity contribution is 5.79. The lowest BCUT2D eigenvalue weighted by molar-refractivity contribution is 0.0268. The van der Waals surface area contributed by atoms with Gasteiger partial charge in [0, 0.05) is 41.0 Å². The van der Waals surface area contributed by atoms with Crippen LogP contribution >= 0.6 is 0 Å². The van der Waals surface area contributed by atoms with Crippen LogP contribution < -0.4 is 10.6 Å². The van der Waals surface area contributed by atoms with Crippen LogP contribution in [0.4, 0.5) is 0 Å². The SMILES string of the molecule is CN=C(NCCCCOCCOC)NCC(C)(C)OC. The van der Waals surface area contributed by atoms with E-state index in [2.05, 4.69) is 15.6 Å². The first-order valence-corrected chi connectivity index (χ1v) is 7.12. The second kappa shape index (κ2) is 11.9. The van der Waals surface area contributed by atoms with Gasteiger partial charge in [0.25, 0.3) is 0 Å². The highest BCUT2D eigenvalue weighted by atomic mass is 16.5. The van der Waals surface area contributed by atoms with E-state index in [0.29, 0.717) is 19.8 Å². The van der Waals surface area contributed by atoms with Crippen molar-refractivity contribution in [3.05, 3.63) is 0 Å². The van der Waals surface area contributed by atoms with Gasteiger partial charge in [0.05, 0.1) is 18.8 Å². The number of nitrogens with one attached hydrogen (secondary N) is 2. The lowest BCUT2D eigenvalue weighted by atomic mass is 10.1. The van der Waals surface area contributed by atoms with Crippen LogP contribution in [-0.2, 0) is 14.2 Å². The molecule has 0 spiro atoms. The third kappa shape index (κ3) is 11.0. The van der Waals surface area contributed by atoms with Crippen LogP contribution in [-0.4, -0.2) is 65.7 Å². The summed E-state index contributed by atoms with van der Waals surface area (Å²) in [5.41, 5.74) is -0.202. The third-order valence-electron chi connectivity index (χ3n) is 2.90. The van der Waals surface area contributed by atoms with Gasteiger partial charge >= 0.3 is 0 Å². The van der Waals surface area contributed by atoms with Crippen LogP contribution in [0.25, 0.3) is 0 Å². The lowest BCUT2D eigenvalue weighted by Crippen LogP contribution is -2.45. The Labute approximate surface area is 123 Å². The first-order chi connectivity index (χ1) is 9.55. The Bertz CT molecular complexity index is 258. The van der Waals surface area contributed by atoms with Gasteiger partial charge in [-0.05, 0) is 26.7 Å². The Balaban J connectivity index is 3.56. The summed E-state index contributed by atoms with van der Waals surface area (Å²) in [7, 11) is 5.15. The van der Waals surface area contributed by atoms with Gasteiger partial charge in [-0.15, -0.1) is 0 Å². The molecule has 0 aliphatic heterocycles. The minimum Gasteiger partial charge on any atom is -0.382 e. The largest absolute Gasteiger partial charge is 0.382 e. The van der Waals surface area contributed by atoms with Gasteiger partial charge < -0.3 is 24.8 Å². The molecule has 0 aromatic heterocycles. The Morgan fingerprint density at radius 2 is 1.80 bits per heavy atom. The first kappa shape index (κ1) is 19.1. The van der Waals surface area contributed by atoms with E-state index in [9.17, 15) is 0 Å². The molecule has 120 valence electrons. The zero-order valence-electron chi connectivity index (χ0n) is 13.6. The molecule has 0 aliphatic carbocycles. The minimum atomic E-state index is -0.202. The Hall–Kier alpha value is -0.850. The predicted molar refractivity (Wildman–Crippen MR) is 82.4 cm³/mol. The van der Waals surface area contributed by atoms with Crippen LogP contribution in [0.5, 0.6) is 0 Å². The molecule has 0 aromatic rings. The fourth-order valence-corrected chi connectivity index (χ4v) is 1.37. The van der Waals surface area contributed by atoms with Crippen molar-refractivity contribution in [2.24, 2.45) is 4.99 Å². The molecule has 0 aromatic carbocycles. The summed E-state index contributed by atoms with van der Waals surface area (Å²) in [4.78, 5) is 4.17. The van der Waals surface area contributed by atoms with Crippen molar-refractivity contribution in [1.29, 1.82) is 0 Å². The van der Waals surface area contributed by atoms with Crippen LogP contribution in [0.15, 0.2) is 4.99 Å². The maximum Gasteiger partial charge on any atom is 0.191 e. The standard InChI is InChI=1S/C14H31N3O3/c1-14(2,19-5)12-17-13(15-3)16-8-6-7-9-20-11-10-18-4/h6-12H2,1-5H3,(H2,15,16,17). The van der Waals surface area contributed by atoms with Crippen molar-refractivity contribution < 1.29 is 14.2 Å². The van der Waals surface area contributed by atoms with Crippen LogP contribution in [0.3, 0.4) is 0 Å². The summed E-state index contributed by atoms with van der Waals surface area (Å²) < 4.78 is 15.7. The van der Waals surface area contributed by atoms with Crippen molar-refractivity contribution in [1.82, 2.24) is 10.6 Å². The number of unbranched alkanes of at least 4 members (excludes halogenated alkanes) is 1. The zero-order chi connectivity index (χ0) is 15.3. The van der Waals surface area contributed by atoms with Crippen molar-refractivity contribution in [3.8, 4) is 0 Å². The van der Waals surface area contributed by atoms with Gasteiger partial charge in [0.1, 0.15) is 0 Å². The number of rotatable bonds is 11. The van der Waals surface area contributed by atoms with Crippen LogP contribution in [0, 0.1) is 0 Å². The van der Waals surface area contributed by atoms with E-state index in [4.69, 9.17) is 14.2 Å². The first-order valence-electron chi connectivity index (χ1n) is 7.12. The normalized spacial score (nSPS) is 12.6. The minimum absolute atomic E-state index is 0.202. The van der Waals surface area contributed by atoms with Crippen LogP contribution in [0.1, 0.15) is 26.7 Å². The van der Waals surface area contributed by atoms with E-state index in [-0.39, 0.29) is 5.60 Å². The molecular weight excluding hydrogens is 258 g/mol. The van der Waals surface area contributed by atoms with Gasteiger partial charge in [0.15, 0.2) is 5.96 Å². The van der Waals surface area contributed by atoms with E-state index >= 15 is 0 Å². The van der Waals surface area contributed by atoms with Gasteiger partial charge in [-0.3, -0.25) is 4.99 Å². The van der Waals surface area contributed by atoms with E-state index in [1.807, 2.05) is 13.8 Å². The summed E-state index contributed by atoms with van der Waals surface area (Å²) in [5, 5.41) is 6.52. The summed E-state index contributed by atoms with van der Waals surface area (Å²) >= 11 is 0. The second-order valence-electron chi connectivity index (χ2n) is 5.13. The second-order valence-corrected chi connectivity index (χ2v) is 5.13. The average molecular weight is 289 g/mol. The number of guanidine groups is 1. The number of hydrogen-bond acceptors (Lipinski definition) is 4. The molecule has 0 bridgehead atoms. The lowest BCUT2D eigenvalue weighted by Gasteiger charge is -2.24. The summed E-state index contributed by atoms with van der Waals surface area (Å²) in [6, 6.07) is 0. The predicted octanol–water partition coefficient (Wildman–Crippen LogP) is 1.02. The molecule has 0 rings (SSSR count). The molecule has 0 heterocycles. The monoisotopic (exact) mass is 289 g/mol.